The predicted molar refractivity (Wildman–Crippen MR) is 68.2 cm³/mol. The summed E-state index contributed by atoms with van der Waals surface area (Å²) in [7, 11) is 0. The molecular formula is C15H18O3. The highest BCUT2D eigenvalue weighted by Crippen LogP contribution is 2.26. The van der Waals surface area contributed by atoms with E-state index < -0.39 is 0 Å². The van der Waals surface area contributed by atoms with Gasteiger partial charge in [-0.15, -0.1) is 0 Å². The molecule has 0 aromatic heterocycles. The first kappa shape index (κ1) is 11.7. The van der Waals surface area contributed by atoms with Crippen LogP contribution in [0.2, 0.25) is 0 Å². The van der Waals surface area contributed by atoms with Crippen LogP contribution < -0.4 is 4.74 Å². The molecule has 3 heteroatoms. The highest BCUT2D eigenvalue weighted by molar-refractivity contribution is 5.98. The van der Waals surface area contributed by atoms with E-state index in [9.17, 15) is 4.79 Å². The third-order valence-electron chi connectivity index (χ3n) is 3.69. The fourth-order valence-corrected chi connectivity index (χ4v) is 2.66. The van der Waals surface area contributed by atoms with Crippen molar-refractivity contribution in [2.75, 3.05) is 13.2 Å². The maximum absolute atomic E-state index is 11.8. The number of aryl methyl sites for hydroxylation is 1. The number of carbonyl (C=O) groups is 1. The van der Waals surface area contributed by atoms with E-state index in [1.165, 1.54) is 0 Å². The summed E-state index contributed by atoms with van der Waals surface area (Å²) in [5.41, 5.74) is 2.02. The molecule has 1 atom stereocenters. The van der Waals surface area contributed by atoms with Crippen LogP contribution in [0.5, 0.6) is 5.75 Å². The van der Waals surface area contributed by atoms with Gasteiger partial charge in [-0.2, -0.15) is 0 Å². The Bertz CT molecular complexity index is 447. The predicted octanol–water partition coefficient (Wildman–Crippen LogP) is 2.76. The van der Waals surface area contributed by atoms with Gasteiger partial charge in [-0.25, -0.2) is 0 Å². The van der Waals surface area contributed by atoms with Crippen LogP contribution in [0.4, 0.5) is 0 Å². The zero-order chi connectivity index (χ0) is 12.4. The summed E-state index contributed by atoms with van der Waals surface area (Å²) >= 11 is 0. The number of hydrogen-bond acceptors (Lipinski definition) is 3. The second-order valence-electron chi connectivity index (χ2n) is 5.04. The zero-order valence-electron chi connectivity index (χ0n) is 10.5. The Hall–Kier alpha value is -1.35. The largest absolute Gasteiger partial charge is 0.491 e. The summed E-state index contributed by atoms with van der Waals surface area (Å²) in [6.45, 7) is 1.43. The van der Waals surface area contributed by atoms with Gasteiger partial charge in [0, 0.05) is 18.6 Å². The van der Waals surface area contributed by atoms with E-state index in [1.807, 2.05) is 18.2 Å². The first-order valence-electron chi connectivity index (χ1n) is 6.73. The second-order valence-corrected chi connectivity index (χ2v) is 5.04. The van der Waals surface area contributed by atoms with Crippen molar-refractivity contribution in [3.63, 3.8) is 0 Å². The zero-order valence-corrected chi connectivity index (χ0v) is 10.5. The monoisotopic (exact) mass is 246 g/mol. The molecule has 0 spiro atoms. The van der Waals surface area contributed by atoms with Gasteiger partial charge in [-0.05, 0) is 43.4 Å². The molecule has 1 aliphatic carbocycles. The van der Waals surface area contributed by atoms with Crippen molar-refractivity contribution in [1.82, 2.24) is 0 Å². The van der Waals surface area contributed by atoms with Crippen molar-refractivity contribution in [3.05, 3.63) is 29.3 Å². The van der Waals surface area contributed by atoms with Crippen molar-refractivity contribution in [2.45, 2.75) is 38.2 Å². The van der Waals surface area contributed by atoms with E-state index in [2.05, 4.69) is 0 Å². The molecule has 1 heterocycles. The number of ether oxygens (including phenoxy) is 2. The van der Waals surface area contributed by atoms with E-state index in [4.69, 9.17) is 9.47 Å². The Balaban J connectivity index is 1.69. The lowest BCUT2D eigenvalue weighted by molar-refractivity contribution is 0.0679. The van der Waals surface area contributed by atoms with Gasteiger partial charge in [-0.1, -0.05) is 6.07 Å². The van der Waals surface area contributed by atoms with Crippen molar-refractivity contribution in [2.24, 2.45) is 0 Å². The maximum Gasteiger partial charge on any atom is 0.163 e. The van der Waals surface area contributed by atoms with E-state index in [-0.39, 0.29) is 11.9 Å². The van der Waals surface area contributed by atoms with E-state index in [1.54, 1.807) is 0 Å². The fraction of sp³-hybridized carbons (Fsp3) is 0.533. The minimum Gasteiger partial charge on any atom is -0.491 e. The Morgan fingerprint density at radius 1 is 1.28 bits per heavy atom. The average Bonchev–Trinajstić information content (AvgIpc) is 2.90. The number of rotatable bonds is 3. The van der Waals surface area contributed by atoms with Gasteiger partial charge >= 0.3 is 0 Å². The second kappa shape index (κ2) is 5.11. The summed E-state index contributed by atoms with van der Waals surface area (Å²) in [5.74, 6) is 1.04. The normalized spacial score (nSPS) is 22.9. The third kappa shape index (κ3) is 2.41. The van der Waals surface area contributed by atoms with Gasteiger partial charge in [0.2, 0.25) is 0 Å². The van der Waals surface area contributed by atoms with Crippen molar-refractivity contribution in [1.29, 1.82) is 0 Å². The molecule has 3 nitrogen and oxygen atoms in total. The molecule has 3 rings (SSSR count). The van der Waals surface area contributed by atoms with Crippen LogP contribution in [0.25, 0.3) is 0 Å². The minimum absolute atomic E-state index is 0.219. The van der Waals surface area contributed by atoms with Crippen LogP contribution >= 0.6 is 0 Å². The third-order valence-corrected chi connectivity index (χ3v) is 3.69. The lowest BCUT2D eigenvalue weighted by atomic mass is 9.90. The molecule has 1 fully saturated rings. The Morgan fingerprint density at radius 3 is 3.06 bits per heavy atom. The number of carbonyl (C=O) groups excluding carboxylic acids is 1. The molecule has 2 aliphatic rings. The number of hydrogen-bond donors (Lipinski definition) is 0. The van der Waals surface area contributed by atoms with Gasteiger partial charge in [0.25, 0.3) is 0 Å². The summed E-state index contributed by atoms with van der Waals surface area (Å²) in [6, 6.07) is 5.88. The average molecular weight is 246 g/mol. The van der Waals surface area contributed by atoms with Gasteiger partial charge < -0.3 is 9.47 Å². The summed E-state index contributed by atoms with van der Waals surface area (Å²) in [6.07, 6.45) is 5.06. The summed E-state index contributed by atoms with van der Waals surface area (Å²) in [4.78, 5) is 11.8. The molecule has 1 saturated heterocycles. The van der Waals surface area contributed by atoms with E-state index >= 15 is 0 Å². The number of benzene rings is 1. The smallest absolute Gasteiger partial charge is 0.163 e. The standard InChI is InChI=1S/C15H18O3/c16-15-5-1-3-11-6-7-12(9-14(11)15)18-10-13-4-2-8-17-13/h6-7,9,13H,1-5,8,10H2. The summed E-state index contributed by atoms with van der Waals surface area (Å²) < 4.78 is 11.2. The molecule has 0 N–H and O–H groups in total. The van der Waals surface area contributed by atoms with Crippen LogP contribution in [0, 0.1) is 0 Å². The number of Topliss-reactive ketones (excluding diaryl/α,β-unsaturated/α-hetero) is 1. The molecule has 18 heavy (non-hydrogen) atoms. The molecule has 96 valence electrons. The van der Waals surface area contributed by atoms with Crippen LogP contribution in [0.3, 0.4) is 0 Å². The Morgan fingerprint density at radius 2 is 2.22 bits per heavy atom. The van der Waals surface area contributed by atoms with Gasteiger partial charge in [0.05, 0.1) is 6.10 Å². The molecule has 1 aliphatic heterocycles. The van der Waals surface area contributed by atoms with Crippen LogP contribution in [-0.4, -0.2) is 25.1 Å². The molecule has 1 aromatic rings. The first-order valence-corrected chi connectivity index (χ1v) is 6.73. The van der Waals surface area contributed by atoms with Crippen LogP contribution in [0.15, 0.2) is 18.2 Å². The quantitative estimate of drug-likeness (QED) is 0.822. The van der Waals surface area contributed by atoms with Crippen molar-refractivity contribution in [3.8, 4) is 5.75 Å². The fourth-order valence-electron chi connectivity index (χ4n) is 2.66. The lowest BCUT2D eigenvalue weighted by Crippen LogP contribution is -2.17. The molecule has 0 radical (unpaired) electrons. The highest BCUT2D eigenvalue weighted by atomic mass is 16.5. The van der Waals surface area contributed by atoms with Crippen LogP contribution in [0.1, 0.15) is 41.6 Å². The Labute approximate surface area is 107 Å². The Kier molecular flexibility index (Phi) is 3.33. The first-order chi connectivity index (χ1) is 8.83. The SMILES string of the molecule is O=C1CCCc2ccc(OCC3CCCO3)cc21. The van der Waals surface area contributed by atoms with Gasteiger partial charge in [-0.3, -0.25) is 4.79 Å². The van der Waals surface area contributed by atoms with Crippen molar-refractivity contribution < 1.29 is 14.3 Å². The van der Waals surface area contributed by atoms with Gasteiger partial charge in [0.15, 0.2) is 5.78 Å². The number of ketones is 1. The lowest BCUT2D eigenvalue weighted by Gasteiger charge is -2.17. The van der Waals surface area contributed by atoms with E-state index in [0.29, 0.717) is 13.0 Å². The highest BCUT2D eigenvalue weighted by Gasteiger charge is 2.19. The number of fused-ring (bicyclic) bond motifs is 1. The molecule has 1 aromatic carbocycles. The van der Waals surface area contributed by atoms with Gasteiger partial charge in [0.1, 0.15) is 12.4 Å². The molecule has 0 saturated carbocycles. The molecule has 1 unspecified atom stereocenters. The van der Waals surface area contributed by atoms with Crippen LogP contribution in [-0.2, 0) is 11.2 Å². The van der Waals surface area contributed by atoms with Crippen molar-refractivity contribution >= 4 is 5.78 Å². The molecule has 0 amide bonds. The summed E-state index contributed by atoms with van der Waals surface area (Å²) in [5, 5.41) is 0. The molecule has 0 bridgehead atoms. The molecular weight excluding hydrogens is 228 g/mol. The minimum atomic E-state index is 0.219. The topological polar surface area (TPSA) is 35.5 Å². The van der Waals surface area contributed by atoms with E-state index in [0.717, 1.165) is 49.2 Å². The maximum atomic E-state index is 11.8.